The van der Waals surface area contributed by atoms with Gasteiger partial charge in [0.1, 0.15) is 6.79 Å². The summed E-state index contributed by atoms with van der Waals surface area (Å²) in [6.45, 7) is 11.2. The molecule has 2 nitrogen and oxygen atoms in total. The molecule has 3 unspecified atom stereocenters. The second-order valence-electron chi connectivity index (χ2n) is 5.60. The predicted molar refractivity (Wildman–Crippen MR) is 83.3 cm³/mol. The standard InChI is InChI=1S/C14H29O2.BrH.Mg/c1-5-8-13(3)11-14(4)9-7-10-16-12-15-6-2;;/h5,13-14H,6-12H2,1-4H3;1H;/q;;+1/p-1. The molecule has 0 N–H and O–H groups in total. The molecule has 0 aromatic heterocycles. The van der Waals surface area contributed by atoms with Crippen molar-refractivity contribution in [2.75, 3.05) is 20.0 Å². The van der Waals surface area contributed by atoms with Crippen LogP contribution in [-0.2, 0) is 9.47 Å². The molecule has 0 aliphatic rings. The fraction of sp³-hybridized carbons (Fsp3) is 1.00. The first-order valence-corrected chi connectivity index (χ1v) is 12.0. The second kappa shape index (κ2) is 13.2. The average Bonchev–Trinajstić information content (AvgIpc) is 2.33. The van der Waals surface area contributed by atoms with Crippen LogP contribution in [0, 0.1) is 11.8 Å². The van der Waals surface area contributed by atoms with E-state index in [1.807, 2.05) is 6.92 Å². The predicted octanol–water partition coefficient (Wildman–Crippen LogP) is 4.65. The van der Waals surface area contributed by atoms with Crippen LogP contribution in [0.15, 0.2) is 0 Å². The highest BCUT2D eigenvalue weighted by molar-refractivity contribution is 9.23. The van der Waals surface area contributed by atoms with E-state index in [9.17, 15) is 0 Å². The Hall–Kier alpha value is 1.17. The van der Waals surface area contributed by atoms with Crippen molar-refractivity contribution in [1.82, 2.24) is 0 Å². The van der Waals surface area contributed by atoms with Crippen LogP contribution in [0.25, 0.3) is 0 Å². The van der Waals surface area contributed by atoms with Gasteiger partial charge in [-0.3, -0.25) is 0 Å². The molecule has 0 spiro atoms. The Morgan fingerprint density at radius 2 is 1.78 bits per heavy atom. The molecule has 0 saturated carbocycles. The lowest BCUT2D eigenvalue weighted by Crippen LogP contribution is -2.08. The first-order chi connectivity index (χ1) is 8.60. The summed E-state index contributed by atoms with van der Waals surface area (Å²) in [6.07, 6.45) is 5.18. The minimum atomic E-state index is 0.0123. The van der Waals surface area contributed by atoms with Crippen LogP contribution in [0.3, 0.4) is 0 Å². The maximum absolute atomic E-state index is 5.39. The molecule has 0 aromatic rings. The van der Waals surface area contributed by atoms with Gasteiger partial charge >= 0.3 is 18.2 Å². The van der Waals surface area contributed by atoms with Crippen LogP contribution >= 0.6 is 12.9 Å². The highest BCUT2D eigenvalue weighted by Crippen LogP contribution is 2.25. The lowest BCUT2D eigenvalue weighted by molar-refractivity contribution is -0.0508. The van der Waals surface area contributed by atoms with Crippen molar-refractivity contribution in [2.24, 2.45) is 11.8 Å². The number of ether oxygens (including phenoxy) is 2. The molecule has 3 atom stereocenters. The molecule has 0 bridgehead atoms. The highest BCUT2D eigenvalue weighted by Gasteiger charge is 2.13. The number of halogens is 1. The average molecular weight is 334 g/mol. The van der Waals surface area contributed by atoms with Crippen LogP contribution in [0.2, 0.25) is 4.05 Å². The number of hydrogen-bond donors (Lipinski definition) is 0. The summed E-state index contributed by atoms with van der Waals surface area (Å²) in [5.41, 5.74) is 0. The Morgan fingerprint density at radius 1 is 1.06 bits per heavy atom. The fourth-order valence-electron chi connectivity index (χ4n) is 2.39. The van der Waals surface area contributed by atoms with E-state index in [0.717, 1.165) is 35.5 Å². The van der Waals surface area contributed by atoms with Gasteiger partial charge in [0, 0.05) is 13.2 Å². The van der Waals surface area contributed by atoms with E-state index in [-0.39, 0.29) is 18.2 Å². The maximum atomic E-state index is 5.39. The van der Waals surface area contributed by atoms with Gasteiger partial charge in [-0.05, 0) is 38.0 Å². The third kappa shape index (κ3) is 12.2. The molecule has 4 heteroatoms. The summed E-state index contributed by atoms with van der Waals surface area (Å²) >= 11 is 3.70. The molecule has 0 saturated heterocycles. The summed E-state index contributed by atoms with van der Waals surface area (Å²) in [5, 5.41) is 0. The van der Waals surface area contributed by atoms with E-state index in [0.29, 0.717) is 6.79 Å². The molecule has 0 rings (SSSR count). The smallest absolute Gasteiger partial charge is 0.356 e. The molecular weight excluding hydrogens is 304 g/mol. The summed E-state index contributed by atoms with van der Waals surface area (Å²) in [7, 11) is 0. The Labute approximate surface area is 129 Å². The van der Waals surface area contributed by atoms with Crippen molar-refractivity contribution in [1.29, 1.82) is 0 Å². The van der Waals surface area contributed by atoms with Crippen molar-refractivity contribution < 1.29 is 9.47 Å². The summed E-state index contributed by atoms with van der Waals surface area (Å²) in [4.78, 5) is 0. The zero-order valence-electron chi connectivity index (χ0n) is 12.6. The molecule has 0 aromatic carbocycles. The molecule has 0 amide bonds. The van der Waals surface area contributed by atoms with E-state index in [2.05, 4.69) is 33.7 Å². The molecular formula is C14H29BrMgO2. The Kier molecular flexibility index (Phi) is 14.0. The van der Waals surface area contributed by atoms with E-state index in [1.165, 1.54) is 19.3 Å². The Bertz CT molecular complexity index is 181. The zero-order valence-corrected chi connectivity index (χ0v) is 15.6. The van der Waals surface area contributed by atoms with E-state index in [4.69, 9.17) is 9.47 Å². The topological polar surface area (TPSA) is 18.5 Å². The first-order valence-electron chi connectivity index (χ1n) is 7.31. The van der Waals surface area contributed by atoms with Crippen LogP contribution in [0.5, 0.6) is 0 Å². The SMILES string of the molecule is CCOCOCCCC(C)CC(C)C[CH](C)[Mg][Br]. The monoisotopic (exact) mass is 332 g/mol. The minimum absolute atomic E-state index is 0.0123. The van der Waals surface area contributed by atoms with Gasteiger partial charge in [-0.25, -0.2) is 0 Å². The van der Waals surface area contributed by atoms with Gasteiger partial charge in [0.2, 0.25) is 0 Å². The van der Waals surface area contributed by atoms with Crippen molar-refractivity contribution in [3.8, 4) is 0 Å². The molecule has 0 aliphatic heterocycles. The van der Waals surface area contributed by atoms with Crippen LogP contribution < -0.4 is 0 Å². The Balaban J connectivity index is 3.43. The van der Waals surface area contributed by atoms with Crippen molar-refractivity contribution in [2.45, 2.75) is 57.4 Å². The van der Waals surface area contributed by atoms with Crippen molar-refractivity contribution in [3.05, 3.63) is 0 Å². The van der Waals surface area contributed by atoms with Crippen molar-refractivity contribution in [3.63, 3.8) is 0 Å². The van der Waals surface area contributed by atoms with Gasteiger partial charge in [0.05, 0.1) is 0 Å². The third-order valence-electron chi connectivity index (χ3n) is 3.23. The summed E-state index contributed by atoms with van der Waals surface area (Å²) in [6, 6.07) is 0. The quantitative estimate of drug-likeness (QED) is 0.294. The van der Waals surface area contributed by atoms with Crippen molar-refractivity contribution >= 4 is 31.1 Å². The van der Waals surface area contributed by atoms with E-state index >= 15 is 0 Å². The van der Waals surface area contributed by atoms with Crippen LogP contribution in [0.1, 0.15) is 53.4 Å². The fourth-order valence-corrected chi connectivity index (χ4v) is 3.87. The summed E-state index contributed by atoms with van der Waals surface area (Å²) in [5.74, 6) is 1.68. The molecule has 0 radical (unpaired) electrons. The lowest BCUT2D eigenvalue weighted by Gasteiger charge is -2.19. The van der Waals surface area contributed by atoms with Gasteiger partial charge in [0.15, 0.2) is 0 Å². The molecule has 106 valence electrons. The third-order valence-corrected chi connectivity index (χ3v) is 7.41. The van der Waals surface area contributed by atoms with Gasteiger partial charge in [-0.2, -0.15) is 0 Å². The second-order valence-corrected chi connectivity index (χ2v) is 9.25. The largest absolute Gasteiger partial charge is 0.471 e. The maximum Gasteiger partial charge on any atom is 0.471 e. The van der Waals surface area contributed by atoms with E-state index in [1.54, 1.807) is 0 Å². The van der Waals surface area contributed by atoms with Gasteiger partial charge in [0.25, 0.3) is 0 Å². The molecule has 0 heterocycles. The normalized spacial score (nSPS) is 16.1. The number of rotatable bonds is 12. The minimum Gasteiger partial charge on any atom is -0.356 e. The Morgan fingerprint density at radius 3 is 2.39 bits per heavy atom. The highest BCUT2D eigenvalue weighted by atomic mass is 79.9. The van der Waals surface area contributed by atoms with Crippen LogP contribution in [-0.4, -0.2) is 38.2 Å². The molecule has 0 fully saturated rings. The van der Waals surface area contributed by atoms with Gasteiger partial charge < -0.3 is 22.4 Å². The lowest BCUT2D eigenvalue weighted by atomic mass is 9.91. The van der Waals surface area contributed by atoms with E-state index < -0.39 is 0 Å². The van der Waals surface area contributed by atoms with Gasteiger partial charge in [-0.1, -0.05) is 27.2 Å². The van der Waals surface area contributed by atoms with Gasteiger partial charge in [-0.15, -0.1) is 4.05 Å². The van der Waals surface area contributed by atoms with Crippen LogP contribution in [0.4, 0.5) is 0 Å². The first kappa shape index (κ1) is 19.2. The number of hydrogen-bond acceptors (Lipinski definition) is 2. The molecule has 18 heavy (non-hydrogen) atoms. The zero-order chi connectivity index (χ0) is 13.8. The summed E-state index contributed by atoms with van der Waals surface area (Å²) < 4.78 is 11.5. The molecule has 0 aliphatic carbocycles.